The highest BCUT2D eigenvalue weighted by Crippen LogP contribution is 2.25. The third-order valence-electron chi connectivity index (χ3n) is 4.24. The fourth-order valence-electron chi connectivity index (χ4n) is 2.64. The molecule has 0 saturated heterocycles. The molecular weight excluding hydrogens is 424 g/mol. The molecule has 0 unspecified atom stereocenters. The number of benzene rings is 2. The molecule has 0 radical (unpaired) electrons. The van der Waals surface area contributed by atoms with Crippen LogP contribution in [0.25, 0.3) is 23.1 Å². The van der Waals surface area contributed by atoms with Gasteiger partial charge in [-0.05, 0) is 19.1 Å². The molecule has 30 heavy (non-hydrogen) atoms. The van der Waals surface area contributed by atoms with Crippen LogP contribution in [0.1, 0.15) is 5.56 Å². The molecule has 0 aliphatic carbocycles. The van der Waals surface area contributed by atoms with E-state index in [1.165, 1.54) is 11.8 Å². The zero-order chi connectivity index (χ0) is 21.1. The van der Waals surface area contributed by atoms with E-state index in [-0.39, 0.29) is 17.6 Å². The van der Waals surface area contributed by atoms with E-state index < -0.39 is 0 Å². The highest BCUT2D eigenvalue weighted by Gasteiger charge is 2.19. The van der Waals surface area contributed by atoms with E-state index in [0.717, 1.165) is 11.1 Å². The van der Waals surface area contributed by atoms with Crippen LogP contribution in [-0.2, 0) is 11.8 Å². The van der Waals surface area contributed by atoms with Crippen LogP contribution in [0, 0.1) is 6.92 Å². The molecule has 4 aromatic rings. The van der Waals surface area contributed by atoms with Gasteiger partial charge in [-0.2, -0.15) is 4.98 Å². The summed E-state index contributed by atoms with van der Waals surface area (Å²) in [6.45, 7) is 2.01. The molecule has 4 rings (SSSR count). The van der Waals surface area contributed by atoms with Gasteiger partial charge in [0, 0.05) is 12.6 Å². The first-order valence-corrected chi connectivity index (χ1v) is 10.4. The number of rotatable bonds is 6. The Morgan fingerprint density at radius 3 is 2.70 bits per heavy atom. The molecule has 0 bridgehead atoms. The number of thioether (sulfide) groups is 1. The summed E-state index contributed by atoms with van der Waals surface area (Å²) in [5.41, 5.74) is 2.57. The lowest BCUT2D eigenvalue weighted by Gasteiger charge is -2.06. The topological polar surface area (TPSA) is 98.7 Å². The Balaban J connectivity index is 1.43. The zero-order valence-corrected chi connectivity index (χ0v) is 17.7. The second kappa shape index (κ2) is 8.68. The van der Waals surface area contributed by atoms with Gasteiger partial charge < -0.3 is 14.4 Å². The predicted molar refractivity (Wildman–Crippen MR) is 115 cm³/mol. The molecule has 2 aromatic carbocycles. The normalized spacial score (nSPS) is 10.9. The third kappa shape index (κ3) is 4.37. The van der Waals surface area contributed by atoms with Crippen LogP contribution in [0.5, 0.6) is 0 Å². The van der Waals surface area contributed by atoms with Crippen molar-refractivity contribution in [2.45, 2.75) is 12.1 Å². The minimum atomic E-state index is -0.197. The van der Waals surface area contributed by atoms with Crippen LogP contribution in [-0.4, -0.2) is 36.6 Å². The van der Waals surface area contributed by atoms with Crippen molar-refractivity contribution in [2.24, 2.45) is 7.05 Å². The maximum atomic E-state index is 12.2. The number of aryl methyl sites for hydroxylation is 1. The van der Waals surface area contributed by atoms with Crippen molar-refractivity contribution in [1.82, 2.24) is 24.9 Å². The van der Waals surface area contributed by atoms with Gasteiger partial charge in [-0.15, -0.1) is 10.2 Å². The van der Waals surface area contributed by atoms with E-state index in [2.05, 4.69) is 25.7 Å². The molecule has 10 heteroatoms. The SMILES string of the molecule is Cc1ccc(-c2noc(-c3nnc(SCC(=O)Nc4ccccc4Cl)n3C)n2)cc1. The maximum Gasteiger partial charge on any atom is 0.296 e. The number of nitrogens with zero attached hydrogens (tertiary/aromatic N) is 5. The molecule has 0 atom stereocenters. The average Bonchev–Trinajstić information content (AvgIpc) is 3.35. The maximum absolute atomic E-state index is 12.2. The van der Waals surface area contributed by atoms with Crippen molar-refractivity contribution in [3.8, 4) is 23.1 Å². The number of anilines is 1. The Bertz CT molecular complexity index is 1190. The van der Waals surface area contributed by atoms with Crippen molar-refractivity contribution in [3.63, 3.8) is 0 Å². The van der Waals surface area contributed by atoms with E-state index in [9.17, 15) is 4.79 Å². The van der Waals surface area contributed by atoms with Gasteiger partial charge in [0.15, 0.2) is 5.16 Å². The summed E-state index contributed by atoms with van der Waals surface area (Å²) in [7, 11) is 1.78. The Morgan fingerprint density at radius 1 is 1.17 bits per heavy atom. The number of amides is 1. The Morgan fingerprint density at radius 2 is 1.93 bits per heavy atom. The summed E-state index contributed by atoms with van der Waals surface area (Å²) in [5, 5.41) is 16.1. The Labute approximate surface area is 181 Å². The third-order valence-corrected chi connectivity index (χ3v) is 5.59. The number of carbonyl (C=O) groups excluding carboxylic acids is 1. The fraction of sp³-hybridized carbons (Fsp3) is 0.150. The summed E-state index contributed by atoms with van der Waals surface area (Å²) in [6, 6.07) is 14.9. The van der Waals surface area contributed by atoms with Gasteiger partial charge in [0.25, 0.3) is 5.89 Å². The van der Waals surface area contributed by atoms with Crippen LogP contribution in [0.2, 0.25) is 5.02 Å². The second-order valence-electron chi connectivity index (χ2n) is 6.47. The van der Waals surface area contributed by atoms with E-state index >= 15 is 0 Å². The van der Waals surface area contributed by atoms with Crippen LogP contribution in [0.3, 0.4) is 0 Å². The molecule has 0 aliphatic heterocycles. The summed E-state index contributed by atoms with van der Waals surface area (Å²) >= 11 is 7.31. The number of hydrogen-bond acceptors (Lipinski definition) is 7. The van der Waals surface area contributed by atoms with Gasteiger partial charge in [0.2, 0.25) is 17.6 Å². The van der Waals surface area contributed by atoms with Gasteiger partial charge in [0.1, 0.15) is 0 Å². The van der Waals surface area contributed by atoms with Gasteiger partial charge in [-0.25, -0.2) is 0 Å². The first-order chi connectivity index (χ1) is 14.5. The lowest BCUT2D eigenvalue weighted by Crippen LogP contribution is -2.14. The van der Waals surface area contributed by atoms with E-state index in [0.29, 0.717) is 27.5 Å². The van der Waals surface area contributed by atoms with Crippen LogP contribution in [0.15, 0.2) is 58.2 Å². The summed E-state index contributed by atoms with van der Waals surface area (Å²) < 4.78 is 7.07. The predicted octanol–water partition coefficient (Wildman–Crippen LogP) is 4.22. The molecule has 2 heterocycles. The quantitative estimate of drug-likeness (QED) is 0.448. The van der Waals surface area contributed by atoms with Gasteiger partial charge in [-0.3, -0.25) is 4.79 Å². The number of nitrogens with one attached hydrogen (secondary N) is 1. The average molecular weight is 441 g/mol. The molecular formula is C20H17ClN6O2S. The minimum Gasteiger partial charge on any atom is -0.330 e. The van der Waals surface area contributed by atoms with E-state index in [4.69, 9.17) is 16.1 Å². The monoisotopic (exact) mass is 440 g/mol. The lowest BCUT2D eigenvalue weighted by molar-refractivity contribution is -0.113. The molecule has 2 aromatic heterocycles. The zero-order valence-electron chi connectivity index (χ0n) is 16.2. The highest BCUT2D eigenvalue weighted by molar-refractivity contribution is 7.99. The molecule has 1 N–H and O–H groups in total. The van der Waals surface area contributed by atoms with E-state index in [1.54, 1.807) is 35.9 Å². The number of para-hydroxylation sites is 1. The van der Waals surface area contributed by atoms with Crippen molar-refractivity contribution >= 4 is 35.0 Å². The van der Waals surface area contributed by atoms with Crippen molar-refractivity contribution < 1.29 is 9.32 Å². The smallest absolute Gasteiger partial charge is 0.296 e. The lowest BCUT2D eigenvalue weighted by atomic mass is 10.1. The van der Waals surface area contributed by atoms with Crippen LogP contribution in [0.4, 0.5) is 5.69 Å². The number of hydrogen-bond donors (Lipinski definition) is 1. The van der Waals surface area contributed by atoms with Crippen molar-refractivity contribution in [1.29, 1.82) is 0 Å². The van der Waals surface area contributed by atoms with Crippen LogP contribution >= 0.6 is 23.4 Å². The molecule has 8 nitrogen and oxygen atoms in total. The molecule has 1 amide bonds. The summed E-state index contributed by atoms with van der Waals surface area (Å²) in [4.78, 5) is 16.6. The molecule has 0 fully saturated rings. The largest absolute Gasteiger partial charge is 0.330 e. The van der Waals surface area contributed by atoms with Gasteiger partial charge in [-0.1, -0.05) is 70.5 Å². The summed E-state index contributed by atoms with van der Waals surface area (Å²) in [6.07, 6.45) is 0. The van der Waals surface area contributed by atoms with Gasteiger partial charge in [0.05, 0.1) is 16.5 Å². The van der Waals surface area contributed by atoms with E-state index in [1.807, 2.05) is 31.2 Å². The highest BCUT2D eigenvalue weighted by atomic mass is 35.5. The second-order valence-corrected chi connectivity index (χ2v) is 7.82. The summed E-state index contributed by atoms with van der Waals surface area (Å²) in [5.74, 6) is 1.11. The fourth-order valence-corrected chi connectivity index (χ4v) is 3.53. The molecule has 0 saturated carbocycles. The van der Waals surface area contributed by atoms with Crippen LogP contribution < -0.4 is 5.32 Å². The number of aromatic nitrogens is 5. The Hall–Kier alpha value is -3.17. The molecule has 0 aliphatic rings. The first-order valence-electron chi connectivity index (χ1n) is 8.99. The number of halogens is 1. The van der Waals surface area contributed by atoms with Crippen molar-refractivity contribution in [2.75, 3.05) is 11.1 Å². The standard InChI is InChI=1S/C20H17ClN6O2S/c1-12-7-9-13(10-8-12)17-23-19(29-26-17)18-24-25-20(27(18)2)30-11-16(28)22-15-6-4-3-5-14(15)21/h3-10H,11H2,1-2H3,(H,22,28). The molecule has 152 valence electrons. The number of carbonyl (C=O) groups is 1. The first kappa shape index (κ1) is 20.1. The van der Waals surface area contributed by atoms with Gasteiger partial charge >= 0.3 is 0 Å². The Kier molecular flexibility index (Phi) is 5.82. The molecule has 0 spiro atoms. The van der Waals surface area contributed by atoms with Crippen molar-refractivity contribution in [3.05, 3.63) is 59.1 Å². The minimum absolute atomic E-state index is 0.148.